The quantitative estimate of drug-likeness (QED) is 0.737. The van der Waals surface area contributed by atoms with E-state index < -0.39 is 0 Å². The van der Waals surface area contributed by atoms with E-state index in [0.717, 1.165) is 43.9 Å². The number of nitrogens with zero attached hydrogens (tertiary/aromatic N) is 3. The Labute approximate surface area is 114 Å². The second-order valence-corrected chi connectivity index (χ2v) is 4.67. The van der Waals surface area contributed by atoms with Crippen molar-refractivity contribution in [3.8, 4) is 0 Å². The Bertz CT molecular complexity index is 464. The van der Waals surface area contributed by atoms with Gasteiger partial charge in [0.2, 0.25) is 0 Å². The first-order valence-corrected chi connectivity index (χ1v) is 6.99. The van der Waals surface area contributed by atoms with Crippen LogP contribution in [0.1, 0.15) is 24.7 Å². The highest BCUT2D eigenvalue weighted by Gasteiger charge is 1.99. The number of hydrogen-bond acceptors (Lipinski definition) is 3. The van der Waals surface area contributed by atoms with Crippen molar-refractivity contribution in [1.29, 1.82) is 0 Å². The fraction of sp³-hybridized carbons (Fsp3) is 0.467. The van der Waals surface area contributed by atoms with Crippen LogP contribution < -0.4 is 5.32 Å². The van der Waals surface area contributed by atoms with Crippen LogP contribution in [0.4, 0.5) is 0 Å². The van der Waals surface area contributed by atoms with E-state index in [4.69, 9.17) is 0 Å². The van der Waals surface area contributed by atoms with E-state index in [1.54, 1.807) is 0 Å². The summed E-state index contributed by atoms with van der Waals surface area (Å²) < 4.78 is 2.14. The van der Waals surface area contributed by atoms with Crippen molar-refractivity contribution in [1.82, 2.24) is 19.9 Å². The molecule has 4 nitrogen and oxygen atoms in total. The van der Waals surface area contributed by atoms with Gasteiger partial charge < -0.3 is 9.88 Å². The minimum absolute atomic E-state index is 0.937. The van der Waals surface area contributed by atoms with Gasteiger partial charge in [0.05, 0.1) is 12.0 Å². The third-order valence-corrected chi connectivity index (χ3v) is 3.02. The lowest BCUT2D eigenvalue weighted by molar-refractivity contribution is 0.664. The van der Waals surface area contributed by atoms with Crippen molar-refractivity contribution in [2.24, 2.45) is 0 Å². The van der Waals surface area contributed by atoms with E-state index in [9.17, 15) is 0 Å². The van der Waals surface area contributed by atoms with Gasteiger partial charge in [0.1, 0.15) is 0 Å². The van der Waals surface area contributed by atoms with Crippen LogP contribution in [-0.4, -0.2) is 27.6 Å². The first-order valence-electron chi connectivity index (χ1n) is 6.99. The molecule has 2 aromatic rings. The van der Waals surface area contributed by atoms with Crippen LogP contribution in [0.15, 0.2) is 36.9 Å². The molecule has 2 aromatic heterocycles. The molecule has 0 aliphatic heterocycles. The van der Waals surface area contributed by atoms with Gasteiger partial charge in [0.25, 0.3) is 0 Å². The molecule has 0 aromatic carbocycles. The topological polar surface area (TPSA) is 42.7 Å². The molecule has 0 atom stereocenters. The summed E-state index contributed by atoms with van der Waals surface area (Å²) in [7, 11) is 0. The van der Waals surface area contributed by atoms with Gasteiger partial charge in [-0.1, -0.05) is 13.0 Å². The van der Waals surface area contributed by atoms with Gasteiger partial charge in [-0.15, -0.1) is 0 Å². The lowest BCUT2D eigenvalue weighted by atomic mass is 10.3. The summed E-state index contributed by atoms with van der Waals surface area (Å²) >= 11 is 0. The minimum atomic E-state index is 0.937. The summed E-state index contributed by atoms with van der Waals surface area (Å²) in [6, 6.07) is 6.04. The van der Waals surface area contributed by atoms with Crippen LogP contribution in [0.2, 0.25) is 0 Å². The molecule has 0 bridgehead atoms. The second-order valence-electron chi connectivity index (χ2n) is 4.67. The fourth-order valence-corrected chi connectivity index (χ4v) is 1.97. The number of rotatable bonds is 8. The Kier molecular flexibility index (Phi) is 5.56. The van der Waals surface area contributed by atoms with E-state index in [2.05, 4.69) is 39.0 Å². The van der Waals surface area contributed by atoms with Gasteiger partial charge in [0, 0.05) is 44.0 Å². The Morgan fingerprint density at radius 1 is 1.11 bits per heavy atom. The van der Waals surface area contributed by atoms with Crippen molar-refractivity contribution >= 4 is 0 Å². The summed E-state index contributed by atoms with van der Waals surface area (Å²) in [4.78, 5) is 8.76. The maximum Gasteiger partial charge on any atom is 0.0949 e. The van der Waals surface area contributed by atoms with Gasteiger partial charge in [-0.25, -0.2) is 4.98 Å². The van der Waals surface area contributed by atoms with E-state index in [1.165, 1.54) is 6.42 Å². The molecule has 4 heteroatoms. The lowest BCUT2D eigenvalue weighted by Crippen LogP contribution is -2.17. The summed E-state index contributed by atoms with van der Waals surface area (Å²) in [6.45, 7) is 5.21. The molecule has 0 fully saturated rings. The normalized spacial score (nSPS) is 10.8. The zero-order valence-corrected chi connectivity index (χ0v) is 11.5. The van der Waals surface area contributed by atoms with E-state index >= 15 is 0 Å². The van der Waals surface area contributed by atoms with Crippen LogP contribution in [0.3, 0.4) is 0 Å². The largest absolute Gasteiger partial charge is 0.337 e. The molecule has 2 rings (SSSR count). The molecule has 0 unspecified atom stereocenters. The number of aryl methyl sites for hydroxylation is 2. The van der Waals surface area contributed by atoms with Crippen molar-refractivity contribution < 1.29 is 0 Å². The maximum atomic E-state index is 4.43. The van der Waals surface area contributed by atoms with Gasteiger partial charge in [-0.3, -0.25) is 4.98 Å². The average molecular weight is 258 g/mol. The molecule has 0 amide bonds. The molecule has 0 saturated heterocycles. The Morgan fingerprint density at radius 3 is 2.84 bits per heavy atom. The highest BCUT2D eigenvalue weighted by Crippen LogP contribution is 2.01. The smallest absolute Gasteiger partial charge is 0.0949 e. The molecule has 102 valence electrons. The molecule has 0 spiro atoms. The first-order chi connectivity index (χ1) is 9.38. The molecule has 0 aliphatic rings. The van der Waals surface area contributed by atoms with Crippen LogP contribution >= 0.6 is 0 Å². The minimum Gasteiger partial charge on any atom is -0.337 e. The van der Waals surface area contributed by atoms with Crippen molar-refractivity contribution in [2.75, 3.05) is 13.1 Å². The maximum absolute atomic E-state index is 4.43. The predicted molar refractivity (Wildman–Crippen MR) is 77.0 cm³/mol. The van der Waals surface area contributed by atoms with Crippen molar-refractivity contribution in [2.45, 2.75) is 32.7 Å². The lowest BCUT2D eigenvalue weighted by Gasteiger charge is -2.01. The molecule has 0 saturated carbocycles. The Morgan fingerprint density at radius 2 is 2.05 bits per heavy atom. The Hall–Kier alpha value is -1.68. The summed E-state index contributed by atoms with van der Waals surface area (Å²) in [5.74, 6) is 0. The van der Waals surface area contributed by atoms with E-state index in [1.807, 2.05) is 24.7 Å². The average Bonchev–Trinajstić information content (AvgIpc) is 2.91. The number of aromatic nitrogens is 3. The Balaban J connectivity index is 1.74. The van der Waals surface area contributed by atoms with E-state index in [-0.39, 0.29) is 0 Å². The number of nitrogens with one attached hydrogen (secondary N) is 1. The standard InChI is InChI=1S/C15H22N4/c1-2-8-16-10-6-15-12-19(13-18-15)11-7-14-5-3-4-9-17-14/h3-5,9,12-13,16H,2,6-8,10-11H2,1H3. The zero-order valence-electron chi connectivity index (χ0n) is 11.5. The first kappa shape index (κ1) is 13.7. The van der Waals surface area contributed by atoms with Gasteiger partial charge in [-0.05, 0) is 25.1 Å². The SMILES string of the molecule is CCCNCCc1cn(CCc2ccccn2)cn1. The summed E-state index contributed by atoms with van der Waals surface area (Å²) in [5, 5.41) is 3.39. The summed E-state index contributed by atoms with van der Waals surface area (Å²) in [5.41, 5.74) is 2.28. The fourth-order valence-electron chi connectivity index (χ4n) is 1.97. The number of pyridine rings is 1. The van der Waals surface area contributed by atoms with Crippen LogP contribution in [0, 0.1) is 0 Å². The molecular formula is C15H22N4. The highest BCUT2D eigenvalue weighted by atomic mass is 15.0. The second kappa shape index (κ2) is 7.69. The molecule has 19 heavy (non-hydrogen) atoms. The third-order valence-electron chi connectivity index (χ3n) is 3.02. The van der Waals surface area contributed by atoms with Crippen molar-refractivity contribution in [3.05, 3.63) is 48.3 Å². The highest BCUT2D eigenvalue weighted by molar-refractivity contribution is 5.04. The van der Waals surface area contributed by atoms with E-state index in [0.29, 0.717) is 0 Å². The predicted octanol–water partition coefficient (Wildman–Crippen LogP) is 2.06. The van der Waals surface area contributed by atoms with Gasteiger partial charge >= 0.3 is 0 Å². The van der Waals surface area contributed by atoms with Crippen molar-refractivity contribution in [3.63, 3.8) is 0 Å². The zero-order chi connectivity index (χ0) is 13.3. The van der Waals surface area contributed by atoms with Gasteiger partial charge in [0.15, 0.2) is 0 Å². The molecule has 0 aliphatic carbocycles. The van der Waals surface area contributed by atoms with Crippen LogP contribution in [0.5, 0.6) is 0 Å². The molecule has 0 radical (unpaired) electrons. The van der Waals surface area contributed by atoms with Crippen LogP contribution in [-0.2, 0) is 19.4 Å². The molecule has 2 heterocycles. The van der Waals surface area contributed by atoms with Crippen LogP contribution in [0.25, 0.3) is 0 Å². The molecule has 1 N–H and O–H groups in total. The monoisotopic (exact) mass is 258 g/mol. The number of hydrogen-bond donors (Lipinski definition) is 1. The third kappa shape index (κ3) is 4.83. The van der Waals surface area contributed by atoms with Gasteiger partial charge in [-0.2, -0.15) is 0 Å². The number of imidazole rings is 1. The molecular weight excluding hydrogens is 236 g/mol. The summed E-state index contributed by atoms with van der Waals surface area (Å²) in [6.07, 6.45) is 9.02.